The minimum Gasteiger partial charge on any atom is -0.394 e. The summed E-state index contributed by atoms with van der Waals surface area (Å²) in [6.45, 7) is -0.337. The lowest BCUT2D eigenvalue weighted by Crippen LogP contribution is -2.23. The van der Waals surface area contributed by atoms with E-state index in [9.17, 15) is 10.1 Å². The SMILES string of the molecule is O=[N+]([O-])c1cc(Br)ccc1NCC(O)CO. The van der Waals surface area contributed by atoms with Gasteiger partial charge >= 0.3 is 0 Å². The monoisotopic (exact) mass is 290 g/mol. The van der Waals surface area contributed by atoms with Crippen LogP contribution in [0.2, 0.25) is 0 Å². The molecule has 1 aromatic rings. The maximum absolute atomic E-state index is 10.7. The predicted octanol–water partition coefficient (Wildman–Crippen LogP) is 1.12. The number of nitrogens with one attached hydrogen (secondary N) is 1. The second kappa shape index (κ2) is 5.78. The van der Waals surface area contributed by atoms with E-state index in [1.807, 2.05) is 0 Å². The highest BCUT2D eigenvalue weighted by Crippen LogP contribution is 2.27. The topological polar surface area (TPSA) is 95.6 Å². The quantitative estimate of drug-likeness (QED) is 0.558. The van der Waals surface area contributed by atoms with Gasteiger partial charge in [-0.2, -0.15) is 0 Å². The number of hydrogen-bond acceptors (Lipinski definition) is 5. The van der Waals surface area contributed by atoms with Crippen molar-refractivity contribution in [1.82, 2.24) is 0 Å². The molecule has 0 amide bonds. The summed E-state index contributed by atoms with van der Waals surface area (Å²) in [6, 6.07) is 4.56. The normalized spacial score (nSPS) is 12.2. The van der Waals surface area contributed by atoms with Crippen LogP contribution in [0.5, 0.6) is 0 Å². The van der Waals surface area contributed by atoms with Gasteiger partial charge < -0.3 is 15.5 Å². The number of aliphatic hydroxyl groups excluding tert-OH is 2. The van der Waals surface area contributed by atoms with Crippen molar-refractivity contribution in [2.45, 2.75) is 6.10 Å². The van der Waals surface area contributed by atoms with Gasteiger partial charge in [-0.15, -0.1) is 0 Å². The fourth-order valence-electron chi connectivity index (χ4n) is 1.10. The van der Waals surface area contributed by atoms with Crippen LogP contribution in [0, 0.1) is 10.1 Å². The summed E-state index contributed by atoms with van der Waals surface area (Å²) >= 11 is 3.14. The third kappa shape index (κ3) is 3.44. The zero-order valence-corrected chi connectivity index (χ0v) is 9.85. The van der Waals surface area contributed by atoms with Gasteiger partial charge in [-0.25, -0.2) is 0 Å². The van der Waals surface area contributed by atoms with Gasteiger partial charge in [0.2, 0.25) is 0 Å². The number of nitro groups is 1. The molecular formula is C9H11BrN2O4. The van der Waals surface area contributed by atoms with E-state index in [4.69, 9.17) is 10.2 Å². The summed E-state index contributed by atoms with van der Waals surface area (Å²) in [5, 5.41) is 31.1. The lowest BCUT2D eigenvalue weighted by molar-refractivity contribution is -0.384. The van der Waals surface area contributed by atoms with Crippen LogP contribution in [0.1, 0.15) is 0 Å². The first-order valence-electron chi connectivity index (χ1n) is 4.51. The molecule has 7 heteroatoms. The van der Waals surface area contributed by atoms with E-state index in [0.29, 0.717) is 10.2 Å². The van der Waals surface area contributed by atoms with Gasteiger partial charge in [-0.05, 0) is 12.1 Å². The molecule has 16 heavy (non-hydrogen) atoms. The summed E-state index contributed by atoms with van der Waals surface area (Å²) in [7, 11) is 0. The molecule has 0 saturated carbocycles. The molecule has 6 nitrogen and oxygen atoms in total. The number of anilines is 1. The van der Waals surface area contributed by atoms with E-state index >= 15 is 0 Å². The third-order valence-corrected chi connectivity index (χ3v) is 2.39. The summed E-state index contributed by atoms with van der Waals surface area (Å²) in [5.74, 6) is 0. The summed E-state index contributed by atoms with van der Waals surface area (Å²) in [5.41, 5.74) is 0.222. The van der Waals surface area contributed by atoms with Gasteiger partial charge in [0, 0.05) is 17.1 Å². The molecule has 0 aromatic heterocycles. The highest BCUT2D eigenvalue weighted by molar-refractivity contribution is 9.10. The first-order chi connectivity index (χ1) is 7.54. The maximum atomic E-state index is 10.7. The molecule has 0 spiro atoms. The van der Waals surface area contributed by atoms with Crippen molar-refractivity contribution >= 4 is 27.3 Å². The van der Waals surface area contributed by atoms with E-state index in [2.05, 4.69) is 21.2 Å². The van der Waals surface area contributed by atoms with Crippen LogP contribution in [0.25, 0.3) is 0 Å². The smallest absolute Gasteiger partial charge is 0.293 e. The van der Waals surface area contributed by atoms with Crippen molar-refractivity contribution in [3.8, 4) is 0 Å². The lowest BCUT2D eigenvalue weighted by atomic mass is 10.2. The number of nitro benzene ring substituents is 1. The molecule has 0 heterocycles. The maximum Gasteiger partial charge on any atom is 0.293 e. The molecular weight excluding hydrogens is 280 g/mol. The van der Waals surface area contributed by atoms with Crippen molar-refractivity contribution in [2.24, 2.45) is 0 Å². The predicted molar refractivity (Wildman–Crippen MR) is 62.4 cm³/mol. The molecule has 0 aliphatic heterocycles. The number of nitrogens with zero attached hydrogens (tertiary/aromatic N) is 1. The standard InChI is InChI=1S/C9H11BrN2O4/c10-6-1-2-8(9(3-6)12(15)16)11-4-7(14)5-13/h1-3,7,11,13-14H,4-5H2. The largest absolute Gasteiger partial charge is 0.394 e. The van der Waals surface area contributed by atoms with Crippen LogP contribution in [0.15, 0.2) is 22.7 Å². The molecule has 0 aliphatic carbocycles. The number of aliphatic hydroxyl groups is 2. The Kier molecular flexibility index (Phi) is 4.66. The minimum absolute atomic E-state index is 0.0545. The zero-order valence-electron chi connectivity index (χ0n) is 8.26. The van der Waals surface area contributed by atoms with Crippen LogP contribution in [0.3, 0.4) is 0 Å². The van der Waals surface area contributed by atoms with Gasteiger partial charge in [0.25, 0.3) is 5.69 Å². The number of hydrogen-bond donors (Lipinski definition) is 3. The average Bonchev–Trinajstić information content (AvgIpc) is 2.26. The molecule has 0 radical (unpaired) electrons. The Hall–Kier alpha value is -1.18. The van der Waals surface area contributed by atoms with Gasteiger partial charge in [-0.3, -0.25) is 10.1 Å². The van der Waals surface area contributed by atoms with Crippen molar-refractivity contribution in [2.75, 3.05) is 18.5 Å². The van der Waals surface area contributed by atoms with Gasteiger partial charge in [0.1, 0.15) is 5.69 Å². The summed E-state index contributed by atoms with van der Waals surface area (Å²) in [4.78, 5) is 10.2. The summed E-state index contributed by atoms with van der Waals surface area (Å²) < 4.78 is 0.604. The second-order valence-corrected chi connectivity index (χ2v) is 4.05. The molecule has 1 aromatic carbocycles. The molecule has 0 aliphatic rings. The molecule has 0 fully saturated rings. The Labute approximate surface area is 100 Å². The Bertz CT molecular complexity index is 386. The van der Waals surface area contributed by atoms with Crippen molar-refractivity contribution in [3.05, 3.63) is 32.8 Å². The molecule has 1 unspecified atom stereocenters. The lowest BCUT2D eigenvalue weighted by Gasteiger charge is -2.10. The van der Waals surface area contributed by atoms with Gasteiger partial charge in [-0.1, -0.05) is 15.9 Å². The van der Waals surface area contributed by atoms with Crippen LogP contribution >= 0.6 is 15.9 Å². The van der Waals surface area contributed by atoms with Gasteiger partial charge in [0.05, 0.1) is 17.6 Å². The van der Waals surface area contributed by atoms with Crippen molar-refractivity contribution in [1.29, 1.82) is 0 Å². The molecule has 88 valence electrons. The van der Waals surface area contributed by atoms with Crippen LogP contribution in [-0.2, 0) is 0 Å². The average molecular weight is 291 g/mol. The molecule has 0 bridgehead atoms. The van der Waals surface area contributed by atoms with Crippen LogP contribution in [-0.4, -0.2) is 34.4 Å². The second-order valence-electron chi connectivity index (χ2n) is 3.14. The van der Waals surface area contributed by atoms with E-state index in [1.165, 1.54) is 12.1 Å². The third-order valence-electron chi connectivity index (χ3n) is 1.90. The molecule has 3 N–H and O–H groups in total. The number of halogens is 1. The molecule has 1 rings (SSSR count). The van der Waals surface area contributed by atoms with E-state index in [0.717, 1.165) is 0 Å². The van der Waals surface area contributed by atoms with Gasteiger partial charge in [0.15, 0.2) is 0 Å². The van der Waals surface area contributed by atoms with E-state index < -0.39 is 17.6 Å². The van der Waals surface area contributed by atoms with E-state index in [1.54, 1.807) is 6.07 Å². The number of rotatable bonds is 5. The van der Waals surface area contributed by atoms with Crippen LogP contribution in [0.4, 0.5) is 11.4 Å². The first-order valence-corrected chi connectivity index (χ1v) is 5.30. The fourth-order valence-corrected chi connectivity index (χ4v) is 1.45. The Morgan fingerprint density at radius 2 is 2.25 bits per heavy atom. The summed E-state index contributed by atoms with van der Waals surface area (Å²) in [6.07, 6.45) is -0.941. The Balaban J connectivity index is 2.82. The number of benzene rings is 1. The fraction of sp³-hybridized carbons (Fsp3) is 0.333. The van der Waals surface area contributed by atoms with Crippen molar-refractivity contribution in [3.63, 3.8) is 0 Å². The highest BCUT2D eigenvalue weighted by atomic mass is 79.9. The molecule has 1 atom stereocenters. The van der Waals surface area contributed by atoms with Crippen molar-refractivity contribution < 1.29 is 15.1 Å². The first kappa shape index (κ1) is 12.9. The Morgan fingerprint density at radius 3 is 2.81 bits per heavy atom. The molecule has 0 saturated heterocycles. The Morgan fingerprint density at radius 1 is 1.56 bits per heavy atom. The zero-order chi connectivity index (χ0) is 12.1. The van der Waals surface area contributed by atoms with E-state index in [-0.39, 0.29) is 12.2 Å². The highest BCUT2D eigenvalue weighted by Gasteiger charge is 2.14. The van der Waals surface area contributed by atoms with Crippen LogP contribution < -0.4 is 5.32 Å². The minimum atomic E-state index is -0.941.